The van der Waals surface area contributed by atoms with E-state index < -0.39 is 10.0 Å². The molecule has 1 amide bonds. The van der Waals surface area contributed by atoms with E-state index in [1.54, 1.807) is 28.4 Å². The Hall–Kier alpha value is -2.03. The number of anilines is 1. The van der Waals surface area contributed by atoms with Gasteiger partial charge in [0, 0.05) is 40.4 Å². The number of carbonyl (C=O) groups excluding carboxylic acids is 2. The molecule has 0 unspecified atom stereocenters. The van der Waals surface area contributed by atoms with Gasteiger partial charge in [-0.15, -0.1) is 11.3 Å². The van der Waals surface area contributed by atoms with E-state index in [0.29, 0.717) is 18.5 Å². The largest absolute Gasteiger partial charge is 0.312 e. The summed E-state index contributed by atoms with van der Waals surface area (Å²) in [5.74, 6) is -0.129. The van der Waals surface area contributed by atoms with E-state index in [0.717, 1.165) is 21.0 Å². The third kappa shape index (κ3) is 3.97. The van der Waals surface area contributed by atoms with Crippen LogP contribution in [0.3, 0.4) is 0 Å². The molecule has 27 heavy (non-hydrogen) atoms. The molecule has 144 valence electrons. The minimum atomic E-state index is -3.51. The number of nitrogens with zero attached hydrogens (tertiary/aromatic N) is 1. The van der Waals surface area contributed by atoms with E-state index in [2.05, 4.69) is 4.72 Å². The van der Waals surface area contributed by atoms with Gasteiger partial charge < -0.3 is 4.90 Å². The van der Waals surface area contributed by atoms with Crippen molar-refractivity contribution < 1.29 is 18.0 Å². The van der Waals surface area contributed by atoms with E-state index in [-0.39, 0.29) is 29.4 Å². The molecule has 1 aliphatic heterocycles. The molecule has 6 nitrogen and oxygen atoms in total. The number of sulfonamides is 1. The van der Waals surface area contributed by atoms with Crippen LogP contribution in [0, 0.1) is 13.8 Å². The van der Waals surface area contributed by atoms with Crippen molar-refractivity contribution >= 4 is 38.7 Å². The average molecular weight is 407 g/mol. The molecule has 0 radical (unpaired) electrons. The number of carbonyl (C=O) groups is 2. The van der Waals surface area contributed by atoms with Gasteiger partial charge in [0.2, 0.25) is 15.9 Å². The van der Waals surface area contributed by atoms with Crippen LogP contribution in [0.2, 0.25) is 0 Å². The highest BCUT2D eigenvalue weighted by Gasteiger charge is 2.27. The molecule has 0 fully saturated rings. The highest BCUT2D eigenvalue weighted by molar-refractivity contribution is 7.89. The van der Waals surface area contributed by atoms with Gasteiger partial charge in [0.1, 0.15) is 0 Å². The Bertz CT molecular complexity index is 1010. The van der Waals surface area contributed by atoms with E-state index in [1.165, 1.54) is 13.1 Å². The van der Waals surface area contributed by atoms with Crippen LogP contribution in [0.15, 0.2) is 29.2 Å². The fourth-order valence-corrected chi connectivity index (χ4v) is 5.04. The molecule has 2 heterocycles. The van der Waals surface area contributed by atoms with Crippen molar-refractivity contribution in [3.8, 4) is 0 Å². The van der Waals surface area contributed by atoms with Crippen LogP contribution in [-0.4, -0.2) is 33.7 Å². The second-order valence-electron chi connectivity index (χ2n) is 6.54. The van der Waals surface area contributed by atoms with Crippen molar-refractivity contribution in [2.45, 2.75) is 38.0 Å². The van der Waals surface area contributed by atoms with Crippen LogP contribution in [0.1, 0.15) is 38.5 Å². The van der Waals surface area contributed by atoms with Gasteiger partial charge in [-0.1, -0.05) is 0 Å². The van der Waals surface area contributed by atoms with Gasteiger partial charge in [0.05, 0.1) is 4.90 Å². The highest BCUT2D eigenvalue weighted by atomic mass is 32.2. The number of thiophene rings is 1. The Balaban J connectivity index is 1.70. The third-order valence-electron chi connectivity index (χ3n) is 4.73. The highest BCUT2D eigenvalue weighted by Crippen LogP contribution is 2.31. The lowest BCUT2D eigenvalue weighted by Crippen LogP contribution is -2.29. The molecule has 0 atom stereocenters. The van der Waals surface area contributed by atoms with Crippen LogP contribution < -0.4 is 9.62 Å². The smallest absolute Gasteiger partial charge is 0.240 e. The Morgan fingerprint density at radius 3 is 2.56 bits per heavy atom. The molecule has 1 aromatic carbocycles. The molecular formula is C19H22N2O4S2. The summed E-state index contributed by atoms with van der Waals surface area (Å²) in [6, 6.07) is 6.65. The molecule has 8 heteroatoms. The van der Waals surface area contributed by atoms with Gasteiger partial charge in [-0.3, -0.25) is 9.59 Å². The summed E-state index contributed by atoms with van der Waals surface area (Å²) in [5, 5.41) is 0. The molecule has 0 saturated heterocycles. The number of fused-ring (bicyclic) bond motifs is 1. The molecule has 0 bridgehead atoms. The predicted octanol–water partition coefficient (Wildman–Crippen LogP) is 2.83. The maximum atomic E-state index is 12.6. The second-order valence-corrected chi connectivity index (χ2v) is 9.89. The molecule has 0 aliphatic carbocycles. The molecular weight excluding hydrogens is 384 g/mol. The number of nitrogens with one attached hydrogen (secondary N) is 1. The predicted molar refractivity (Wildman–Crippen MR) is 106 cm³/mol. The van der Waals surface area contributed by atoms with Crippen molar-refractivity contribution in [3.05, 3.63) is 45.1 Å². The maximum absolute atomic E-state index is 12.6. The fourth-order valence-electron chi connectivity index (χ4n) is 3.32. The Labute approximate surface area is 163 Å². The molecule has 1 aliphatic rings. The first-order chi connectivity index (χ1) is 12.7. The lowest BCUT2D eigenvalue weighted by atomic mass is 10.1. The zero-order valence-corrected chi connectivity index (χ0v) is 17.2. The van der Waals surface area contributed by atoms with E-state index in [4.69, 9.17) is 0 Å². The summed E-state index contributed by atoms with van der Waals surface area (Å²) < 4.78 is 26.2. The summed E-state index contributed by atoms with van der Waals surface area (Å²) in [7, 11) is -2.14. The zero-order chi connectivity index (χ0) is 19.8. The van der Waals surface area contributed by atoms with Crippen molar-refractivity contribution in [1.29, 1.82) is 0 Å². The Kier molecular flexibility index (Phi) is 5.50. The summed E-state index contributed by atoms with van der Waals surface area (Å²) in [6.45, 7) is 4.38. The van der Waals surface area contributed by atoms with Gasteiger partial charge in [-0.05, 0) is 57.1 Å². The molecule has 0 spiro atoms. The van der Waals surface area contributed by atoms with Gasteiger partial charge in [-0.2, -0.15) is 0 Å². The van der Waals surface area contributed by atoms with Crippen molar-refractivity contribution in [1.82, 2.24) is 4.72 Å². The van der Waals surface area contributed by atoms with Crippen LogP contribution in [0.25, 0.3) is 0 Å². The molecule has 3 rings (SSSR count). The number of rotatable bonds is 6. The zero-order valence-electron chi connectivity index (χ0n) is 15.5. The number of benzene rings is 1. The lowest BCUT2D eigenvalue weighted by Gasteiger charge is -2.17. The van der Waals surface area contributed by atoms with E-state index in [9.17, 15) is 18.0 Å². The van der Waals surface area contributed by atoms with Gasteiger partial charge >= 0.3 is 0 Å². The lowest BCUT2D eigenvalue weighted by molar-refractivity contribution is -0.118. The van der Waals surface area contributed by atoms with Gasteiger partial charge in [0.25, 0.3) is 0 Å². The number of amides is 1. The average Bonchev–Trinajstić information content (AvgIpc) is 3.21. The first kappa shape index (κ1) is 19.7. The summed E-state index contributed by atoms with van der Waals surface area (Å²) in [6.07, 6.45) is 0.919. The molecule has 1 aromatic heterocycles. The minimum absolute atomic E-state index is 0.0138. The number of hydrogen-bond donors (Lipinski definition) is 1. The number of Topliss-reactive ketones (excluding diaryl/α,β-unsaturated/α-hetero) is 1. The van der Waals surface area contributed by atoms with E-state index >= 15 is 0 Å². The van der Waals surface area contributed by atoms with Crippen molar-refractivity contribution in [2.24, 2.45) is 0 Å². The quantitative estimate of drug-likeness (QED) is 0.748. The van der Waals surface area contributed by atoms with Crippen LogP contribution in [-0.2, 0) is 21.2 Å². The van der Waals surface area contributed by atoms with Gasteiger partial charge in [0.15, 0.2) is 5.78 Å². The number of hydrogen-bond acceptors (Lipinski definition) is 5. The van der Waals surface area contributed by atoms with Crippen LogP contribution in [0.4, 0.5) is 5.69 Å². The normalized spacial score (nSPS) is 13.7. The summed E-state index contributed by atoms with van der Waals surface area (Å²) >= 11 is 1.58. The maximum Gasteiger partial charge on any atom is 0.240 e. The Morgan fingerprint density at radius 2 is 1.93 bits per heavy atom. The third-order valence-corrected chi connectivity index (χ3v) is 7.11. The topological polar surface area (TPSA) is 83.6 Å². The van der Waals surface area contributed by atoms with Gasteiger partial charge in [-0.25, -0.2) is 13.1 Å². The fraction of sp³-hybridized carbons (Fsp3) is 0.368. The molecule has 0 saturated carbocycles. The summed E-state index contributed by atoms with van der Waals surface area (Å²) in [4.78, 5) is 28.9. The standard InChI is InChI=1S/C19H22N2O4S2/c1-12-10-16(13(2)26-12)18(22)6-7-19(23)21-9-8-14-11-15(4-5-17(14)21)27(24,25)20-3/h4-5,10-11,20H,6-9H2,1-3H3. The van der Waals surface area contributed by atoms with Crippen LogP contribution in [0.5, 0.6) is 0 Å². The Morgan fingerprint density at radius 1 is 1.19 bits per heavy atom. The monoisotopic (exact) mass is 406 g/mol. The minimum Gasteiger partial charge on any atom is -0.312 e. The number of ketones is 1. The first-order valence-corrected chi connectivity index (χ1v) is 11.0. The molecule has 2 aromatic rings. The molecule has 1 N–H and O–H groups in total. The SMILES string of the molecule is CNS(=O)(=O)c1ccc2c(c1)CCN2C(=O)CCC(=O)c1cc(C)sc1C. The van der Waals surface area contributed by atoms with Crippen molar-refractivity contribution in [3.63, 3.8) is 0 Å². The van der Waals surface area contributed by atoms with E-state index in [1.807, 2.05) is 19.9 Å². The second kappa shape index (κ2) is 7.53. The number of aryl methyl sites for hydroxylation is 2. The summed E-state index contributed by atoms with van der Waals surface area (Å²) in [5.41, 5.74) is 2.26. The first-order valence-electron chi connectivity index (χ1n) is 8.70. The van der Waals surface area contributed by atoms with Crippen LogP contribution >= 0.6 is 11.3 Å². The van der Waals surface area contributed by atoms with Crippen molar-refractivity contribution in [2.75, 3.05) is 18.5 Å².